The number of aromatic nitrogens is 1. The van der Waals surface area contributed by atoms with Gasteiger partial charge in [-0.25, -0.2) is 4.98 Å². The van der Waals surface area contributed by atoms with Crippen molar-refractivity contribution in [2.24, 2.45) is 0 Å². The number of nitrogens with zero attached hydrogens (tertiary/aromatic N) is 1. The van der Waals surface area contributed by atoms with Gasteiger partial charge < -0.3 is 5.32 Å². The van der Waals surface area contributed by atoms with Crippen molar-refractivity contribution in [3.05, 3.63) is 51.0 Å². The Morgan fingerprint density at radius 3 is 2.24 bits per heavy atom. The summed E-state index contributed by atoms with van der Waals surface area (Å²) in [6.07, 6.45) is -3.63. The van der Waals surface area contributed by atoms with E-state index in [2.05, 4.69) is 10.3 Å². The molecule has 6 heteroatoms. The number of halogens is 3. The van der Waals surface area contributed by atoms with Gasteiger partial charge in [0.25, 0.3) is 0 Å². The number of nitrogens with one attached hydrogen (secondary N) is 1. The Balaban J connectivity index is 2.17. The fraction of sp³-hybridized carbons (Fsp3) is 0.400. The molecule has 0 aliphatic rings. The molecule has 1 heterocycles. The Morgan fingerprint density at radius 2 is 1.81 bits per heavy atom. The van der Waals surface area contributed by atoms with Gasteiger partial charge in [0, 0.05) is 17.3 Å². The minimum atomic E-state index is -4.29. The number of aryl methyl sites for hydroxylation is 2. The highest BCUT2D eigenvalue weighted by atomic mass is 32.1. The minimum Gasteiger partial charge on any atom is -0.313 e. The zero-order chi connectivity index (χ0) is 15.6. The maximum absolute atomic E-state index is 12.6. The number of thiazole rings is 1. The highest BCUT2D eigenvalue weighted by molar-refractivity contribution is 7.11. The lowest BCUT2D eigenvalue weighted by Crippen LogP contribution is -2.19. The molecule has 1 unspecified atom stereocenters. The molecule has 1 N–H and O–H groups in total. The molecule has 2 aromatic rings. The number of likely N-dealkylation sites (N-methyl/N-ethyl adjacent to an activating group) is 1. The first kappa shape index (κ1) is 16.0. The third-order valence-electron chi connectivity index (χ3n) is 3.44. The molecule has 0 fully saturated rings. The predicted molar refractivity (Wildman–Crippen MR) is 78.5 cm³/mol. The lowest BCUT2D eigenvalue weighted by Gasteiger charge is -2.16. The second kappa shape index (κ2) is 6.15. The van der Waals surface area contributed by atoms with Crippen LogP contribution in [0.1, 0.15) is 32.7 Å². The highest BCUT2D eigenvalue weighted by Gasteiger charge is 2.30. The van der Waals surface area contributed by atoms with Gasteiger partial charge in [-0.05, 0) is 38.6 Å². The number of hydrogen-bond acceptors (Lipinski definition) is 3. The van der Waals surface area contributed by atoms with E-state index in [1.165, 1.54) is 17.0 Å². The standard InChI is InChI=1S/C15H17F3N2S/c1-9-10(2)21-14(20-9)8-13(19-3)11-4-6-12(7-5-11)15(16,17)18/h4-7,13,19H,8H2,1-3H3. The van der Waals surface area contributed by atoms with Crippen molar-refractivity contribution in [1.29, 1.82) is 0 Å². The SMILES string of the molecule is CNC(Cc1nc(C)c(C)s1)c1ccc(C(F)(F)F)cc1. The van der Waals surface area contributed by atoms with E-state index in [1.807, 2.05) is 13.8 Å². The maximum atomic E-state index is 12.6. The van der Waals surface area contributed by atoms with Crippen LogP contribution in [0.15, 0.2) is 24.3 Å². The summed E-state index contributed by atoms with van der Waals surface area (Å²) in [4.78, 5) is 5.65. The van der Waals surface area contributed by atoms with Gasteiger partial charge in [0.2, 0.25) is 0 Å². The van der Waals surface area contributed by atoms with Crippen LogP contribution in [0.2, 0.25) is 0 Å². The summed E-state index contributed by atoms with van der Waals surface area (Å²) in [5.41, 5.74) is 1.22. The molecule has 114 valence electrons. The van der Waals surface area contributed by atoms with Crippen molar-refractivity contribution >= 4 is 11.3 Å². The molecule has 2 rings (SSSR count). The molecular weight excluding hydrogens is 297 g/mol. The molecule has 0 aliphatic carbocycles. The second-order valence-corrected chi connectivity index (χ2v) is 6.20. The van der Waals surface area contributed by atoms with Crippen LogP contribution in [0.25, 0.3) is 0 Å². The summed E-state index contributed by atoms with van der Waals surface area (Å²) in [7, 11) is 1.80. The maximum Gasteiger partial charge on any atom is 0.416 e. The molecule has 0 radical (unpaired) electrons. The van der Waals surface area contributed by atoms with E-state index in [4.69, 9.17) is 0 Å². The van der Waals surface area contributed by atoms with Crippen LogP contribution in [0.5, 0.6) is 0 Å². The van der Waals surface area contributed by atoms with Gasteiger partial charge in [-0.15, -0.1) is 11.3 Å². The molecule has 0 saturated heterocycles. The molecule has 0 aliphatic heterocycles. The molecule has 2 nitrogen and oxygen atoms in total. The van der Waals surface area contributed by atoms with Gasteiger partial charge in [-0.3, -0.25) is 0 Å². The third kappa shape index (κ3) is 3.83. The van der Waals surface area contributed by atoms with Crippen LogP contribution < -0.4 is 5.32 Å². The Kier molecular flexibility index (Phi) is 4.68. The first-order valence-corrected chi connectivity index (χ1v) is 7.40. The van der Waals surface area contributed by atoms with E-state index in [-0.39, 0.29) is 6.04 Å². The van der Waals surface area contributed by atoms with Crippen LogP contribution in [0.4, 0.5) is 13.2 Å². The molecule has 0 amide bonds. The van der Waals surface area contributed by atoms with E-state index < -0.39 is 11.7 Å². The van der Waals surface area contributed by atoms with Crippen molar-refractivity contribution in [2.75, 3.05) is 7.05 Å². The summed E-state index contributed by atoms with van der Waals surface area (Å²) in [6, 6.07) is 5.25. The Hall–Kier alpha value is -1.40. The first-order valence-electron chi connectivity index (χ1n) is 6.58. The van der Waals surface area contributed by atoms with Crippen molar-refractivity contribution in [2.45, 2.75) is 32.5 Å². The van der Waals surface area contributed by atoms with Gasteiger partial charge in [0.1, 0.15) is 0 Å². The fourth-order valence-electron chi connectivity index (χ4n) is 2.09. The van der Waals surface area contributed by atoms with Gasteiger partial charge in [-0.2, -0.15) is 13.2 Å². The fourth-order valence-corrected chi connectivity index (χ4v) is 3.07. The monoisotopic (exact) mass is 314 g/mol. The quantitative estimate of drug-likeness (QED) is 0.911. The molecule has 0 spiro atoms. The van der Waals surface area contributed by atoms with Crippen LogP contribution in [0, 0.1) is 13.8 Å². The van der Waals surface area contributed by atoms with E-state index >= 15 is 0 Å². The lowest BCUT2D eigenvalue weighted by atomic mass is 10.0. The number of hydrogen-bond donors (Lipinski definition) is 1. The van der Waals surface area contributed by atoms with E-state index in [1.54, 1.807) is 18.4 Å². The van der Waals surface area contributed by atoms with E-state index in [0.717, 1.165) is 28.4 Å². The summed E-state index contributed by atoms with van der Waals surface area (Å²) in [5, 5.41) is 4.13. The van der Waals surface area contributed by atoms with Gasteiger partial charge in [0.15, 0.2) is 0 Å². The van der Waals surface area contributed by atoms with Crippen molar-refractivity contribution in [3.8, 4) is 0 Å². The smallest absolute Gasteiger partial charge is 0.313 e. The largest absolute Gasteiger partial charge is 0.416 e. The number of benzene rings is 1. The van der Waals surface area contributed by atoms with Gasteiger partial charge in [0.05, 0.1) is 16.3 Å². The van der Waals surface area contributed by atoms with Crippen molar-refractivity contribution in [3.63, 3.8) is 0 Å². The Labute approximate surface area is 126 Å². The molecule has 1 atom stereocenters. The minimum absolute atomic E-state index is 0.0442. The summed E-state index contributed by atoms with van der Waals surface area (Å²) in [6.45, 7) is 3.98. The Morgan fingerprint density at radius 1 is 1.19 bits per heavy atom. The zero-order valence-electron chi connectivity index (χ0n) is 12.1. The van der Waals surface area contributed by atoms with E-state index in [9.17, 15) is 13.2 Å². The Bertz CT molecular complexity index is 583. The second-order valence-electron chi connectivity index (χ2n) is 4.91. The van der Waals surface area contributed by atoms with Gasteiger partial charge in [-0.1, -0.05) is 12.1 Å². The lowest BCUT2D eigenvalue weighted by molar-refractivity contribution is -0.137. The average molecular weight is 314 g/mol. The summed E-state index contributed by atoms with van der Waals surface area (Å²) >= 11 is 1.63. The molecular formula is C15H17F3N2S. The third-order valence-corrected chi connectivity index (χ3v) is 4.54. The summed E-state index contributed by atoms with van der Waals surface area (Å²) < 4.78 is 37.7. The summed E-state index contributed by atoms with van der Waals surface area (Å²) in [5.74, 6) is 0. The number of alkyl halides is 3. The molecule has 1 aromatic heterocycles. The van der Waals surface area contributed by atoms with Crippen molar-refractivity contribution < 1.29 is 13.2 Å². The first-order chi connectivity index (χ1) is 9.81. The van der Waals surface area contributed by atoms with Gasteiger partial charge >= 0.3 is 6.18 Å². The van der Waals surface area contributed by atoms with Crippen LogP contribution in [-0.4, -0.2) is 12.0 Å². The highest BCUT2D eigenvalue weighted by Crippen LogP contribution is 2.30. The molecule has 1 aromatic carbocycles. The van der Waals surface area contributed by atoms with Crippen molar-refractivity contribution in [1.82, 2.24) is 10.3 Å². The van der Waals surface area contributed by atoms with E-state index in [0.29, 0.717) is 6.42 Å². The van der Waals surface area contributed by atoms with Crippen LogP contribution in [0.3, 0.4) is 0 Å². The zero-order valence-corrected chi connectivity index (χ0v) is 12.9. The van der Waals surface area contributed by atoms with Crippen LogP contribution >= 0.6 is 11.3 Å². The molecule has 0 saturated carbocycles. The predicted octanol–water partition coefficient (Wildman–Crippen LogP) is 4.28. The number of rotatable bonds is 4. The van der Waals surface area contributed by atoms with Crippen LogP contribution in [-0.2, 0) is 12.6 Å². The molecule has 21 heavy (non-hydrogen) atoms. The molecule has 0 bridgehead atoms. The topological polar surface area (TPSA) is 24.9 Å². The normalized spacial score (nSPS) is 13.4. The average Bonchev–Trinajstić information content (AvgIpc) is 2.74.